The molecule has 0 spiro atoms. The number of amides is 1. The molecule has 5 nitrogen and oxygen atoms in total. The van der Waals surface area contributed by atoms with Crippen molar-refractivity contribution in [3.63, 3.8) is 0 Å². The normalized spacial score (nSPS) is 13.8. The average molecular weight is 418 g/mol. The highest BCUT2D eigenvalue weighted by molar-refractivity contribution is 7.86. The lowest BCUT2D eigenvalue weighted by Crippen LogP contribution is -2.24. The van der Waals surface area contributed by atoms with Crippen LogP contribution in [0.3, 0.4) is 0 Å². The number of carbonyl (C=O) groups excluding carboxylic acids is 1. The zero-order chi connectivity index (χ0) is 22.0. The second-order valence-electron chi connectivity index (χ2n) is 9.73. The van der Waals surface area contributed by atoms with Gasteiger partial charge in [-0.25, -0.2) is 0 Å². The molecule has 29 heavy (non-hydrogen) atoms. The Morgan fingerprint density at radius 3 is 2.00 bits per heavy atom. The Bertz CT molecular complexity index is 965. The quantitative estimate of drug-likeness (QED) is 0.607. The fraction of sp³-hybridized carbons (Fsp3) is 0.435. The van der Waals surface area contributed by atoms with E-state index in [4.69, 9.17) is 0 Å². The van der Waals surface area contributed by atoms with E-state index in [0.717, 1.165) is 6.42 Å². The molecule has 6 heteroatoms. The van der Waals surface area contributed by atoms with Gasteiger partial charge in [-0.3, -0.25) is 9.35 Å². The first-order valence-electron chi connectivity index (χ1n) is 9.66. The number of para-hydroxylation sites is 1. The van der Waals surface area contributed by atoms with Crippen molar-refractivity contribution < 1.29 is 17.8 Å². The minimum absolute atomic E-state index is 0.0457. The van der Waals surface area contributed by atoms with E-state index in [9.17, 15) is 17.8 Å². The van der Waals surface area contributed by atoms with Gasteiger partial charge in [0.1, 0.15) is 4.90 Å². The zero-order valence-corrected chi connectivity index (χ0v) is 18.8. The summed E-state index contributed by atoms with van der Waals surface area (Å²) < 4.78 is 32.3. The van der Waals surface area contributed by atoms with E-state index in [0.29, 0.717) is 11.5 Å². The predicted molar refractivity (Wildman–Crippen MR) is 117 cm³/mol. The molecule has 1 amide bonds. The minimum atomic E-state index is -4.43. The van der Waals surface area contributed by atoms with Gasteiger partial charge in [-0.15, -0.1) is 0 Å². The van der Waals surface area contributed by atoms with Gasteiger partial charge in [-0.1, -0.05) is 65.8 Å². The van der Waals surface area contributed by atoms with Crippen LogP contribution in [-0.4, -0.2) is 18.9 Å². The second kappa shape index (κ2) is 8.28. The molecule has 0 radical (unpaired) electrons. The number of hydrogen-bond acceptors (Lipinski definition) is 3. The van der Waals surface area contributed by atoms with E-state index in [2.05, 4.69) is 46.9 Å². The highest BCUT2D eigenvalue weighted by atomic mass is 32.2. The zero-order valence-electron chi connectivity index (χ0n) is 18.0. The largest absolute Gasteiger partial charge is 0.321 e. The van der Waals surface area contributed by atoms with Crippen molar-refractivity contribution in [2.45, 2.75) is 58.8 Å². The fourth-order valence-corrected chi connectivity index (χ4v) is 4.04. The Morgan fingerprint density at radius 2 is 1.52 bits per heavy atom. The van der Waals surface area contributed by atoms with E-state index in [-0.39, 0.29) is 21.4 Å². The van der Waals surface area contributed by atoms with E-state index >= 15 is 0 Å². The van der Waals surface area contributed by atoms with Gasteiger partial charge in [0.05, 0.1) is 5.69 Å². The standard InChI is InChI=1S/C23H31NO4S/c1-22(2,3)15-18(23(4,5)6)16-11-13-17(14-12-16)21(25)24-19-9-7-8-10-20(19)29(26,27)28/h7-14,18H,15H2,1-6H3,(H,24,25)(H,26,27,28). The molecule has 1 atom stereocenters. The third-order valence-electron chi connectivity index (χ3n) is 4.85. The van der Waals surface area contributed by atoms with Crippen LogP contribution in [0.25, 0.3) is 0 Å². The Morgan fingerprint density at radius 1 is 0.966 bits per heavy atom. The van der Waals surface area contributed by atoms with Crippen LogP contribution >= 0.6 is 0 Å². The van der Waals surface area contributed by atoms with Gasteiger partial charge >= 0.3 is 0 Å². The Labute approximate surface area is 174 Å². The summed E-state index contributed by atoms with van der Waals surface area (Å²) in [5, 5.41) is 2.57. The number of rotatable bonds is 5. The molecule has 1 unspecified atom stereocenters. The molecule has 2 rings (SSSR count). The summed E-state index contributed by atoms with van der Waals surface area (Å²) in [4.78, 5) is 12.3. The van der Waals surface area contributed by atoms with E-state index < -0.39 is 16.0 Å². The van der Waals surface area contributed by atoms with Crippen molar-refractivity contribution in [1.29, 1.82) is 0 Å². The molecule has 0 heterocycles. The SMILES string of the molecule is CC(C)(C)CC(c1ccc(C(=O)Nc2ccccc2S(=O)(=O)O)cc1)C(C)(C)C. The Kier molecular flexibility index (Phi) is 6.60. The van der Waals surface area contributed by atoms with Crippen molar-refractivity contribution in [2.24, 2.45) is 10.8 Å². The number of nitrogens with one attached hydrogen (secondary N) is 1. The lowest BCUT2D eigenvalue weighted by atomic mass is 9.69. The van der Waals surface area contributed by atoms with Crippen LogP contribution in [0.15, 0.2) is 53.4 Å². The van der Waals surface area contributed by atoms with Crippen LogP contribution in [-0.2, 0) is 10.1 Å². The van der Waals surface area contributed by atoms with Crippen LogP contribution in [0.2, 0.25) is 0 Å². The first-order valence-corrected chi connectivity index (χ1v) is 11.1. The molecule has 0 aliphatic rings. The number of hydrogen-bond donors (Lipinski definition) is 2. The second-order valence-corrected chi connectivity index (χ2v) is 11.1. The molecule has 2 aromatic rings. The van der Waals surface area contributed by atoms with E-state index in [1.165, 1.54) is 23.8 Å². The van der Waals surface area contributed by atoms with Gasteiger partial charge in [-0.05, 0) is 53.0 Å². The lowest BCUT2D eigenvalue weighted by Gasteiger charge is -2.36. The molecule has 2 N–H and O–H groups in total. The molecule has 2 aromatic carbocycles. The first kappa shape index (κ1) is 23.1. The highest BCUT2D eigenvalue weighted by Crippen LogP contribution is 2.43. The van der Waals surface area contributed by atoms with Crippen molar-refractivity contribution in [1.82, 2.24) is 0 Å². The highest BCUT2D eigenvalue weighted by Gasteiger charge is 2.30. The molecular formula is C23H31NO4S. The van der Waals surface area contributed by atoms with Crippen molar-refractivity contribution in [2.75, 3.05) is 5.32 Å². The molecule has 158 valence electrons. The van der Waals surface area contributed by atoms with Gasteiger partial charge in [0.25, 0.3) is 16.0 Å². The van der Waals surface area contributed by atoms with Gasteiger partial charge in [0.15, 0.2) is 0 Å². The maximum atomic E-state index is 12.6. The molecule has 0 saturated heterocycles. The number of anilines is 1. The van der Waals surface area contributed by atoms with Crippen molar-refractivity contribution in [3.8, 4) is 0 Å². The number of benzene rings is 2. The minimum Gasteiger partial charge on any atom is -0.321 e. The van der Waals surface area contributed by atoms with E-state index in [1.54, 1.807) is 18.2 Å². The van der Waals surface area contributed by atoms with Crippen LogP contribution < -0.4 is 5.32 Å². The summed E-state index contributed by atoms with van der Waals surface area (Å²) in [6.07, 6.45) is 1.02. The fourth-order valence-electron chi connectivity index (χ4n) is 3.39. The summed E-state index contributed by atoms with van der Waals surface area (Å²) in [6.45, 7) is 13.3. The molecule has 0 aliphatic carbocycles. The van der Waals surface area contributed by atoms with Gasteiger partial charge in [-0.2, -0.15) is 8.42 Å². The smallest absolute Gasteiger partial charge is 0.296 e. The maximum Gasteiger partial charge on any atom is 0.296 e. The van der Waals surface area contributed by atoms with Crippen molar-refractivity contribution >= 4 is 21.7 Å². The maximum absolute atomic E-state index is 12.6. The van der Waals surface area contributed by atoms with E-state index in [1.807, 2.05) is 12.1 Å². The van der Waals surface area contributed by atoms with Crippen LogP contribution in [0.5, 0.6) is 0 Å². The molecule has 0 saturated carbocycles. The Balaban J connectivity index is 2.27. The van der Waals surface area contributed by atoms with Gasteiger partial charge in [0.2, 0.25) is 0 Å². The summed E-state index contributed by atoms with van der Waals surface area (Å²) in [6, 6.07) is 13.2. The molecule has 0 aromatic heterocycles. The topological polar surface area (TPSA) is 83.5 Å². The Hall–Kier alpha value is -2.18. The molecule has 0 fully saturated rings. The van der Waals surface area contributed by atoms with Gasteiger partial charge in [0, 0.05) is 5.56 Å². The van der Waals surface area contributed by atoms with Crippen molar-refractivity contribution in [3.05, 3.63) is 59.7 Å². The molecule has 0 aliphatic heterocycles. The summed E-state index contributed by atoms with van der Waals surface area (Å²) >= 11 is 0. The third-order valence-corrected chi connectivity index (χ3v) is 5.76. The summed E-state index contributed by atoms with van der Waals surface area (Å²) in [5.41, 5.74) is 1.88. The van der Waals surface area contributed by atoms with Crippen LogP contribution in [0, 0.1) is 10.8 Å². The third kappa shape index (κ3) is 6.41. The lowest BCUT2D eigenvalue weighted by molar-refractivity contribution is 0.102. The van der Waals surface area contributed by atoms with Gasteiger partial charge < -0.3 is 5.32 Å². The monoisotopic (exact) mass is 417 g/mol. The average Bonchev–Trinajstić information content (AvgIpc) is 2.58. The first-order chi connectivity index (χ1) is 13.2. The summed E-state index contributed by atoms with van der Waals surface area (Å²) in [5.74, 6) is -0.101. The number of carbonyl (C=O) groups is 1. The molecular weight excluding hydrogens is 386 g/mol. The predicted octanol–water partition coefficient (Wildman–Crippen LogP) is 5.75. The van der Waals surface area contributed by atoms with Crippen LogP contribution in [0.1, 0.15) is 69.8 Å². The molecule has 0 bridgehead atoms. The van der Waals surface area contributed by atoms with Crippen LogP contribution in [0.4, 0.5) is 5.69 Å². The summed E-state index contributed by atoms with van der Waals surface area (Å²) in [7, 11) is -4.43.